The second-order valence-corrected chi connectivity index (χ2v) is 3.21. The number of nitrogens with zero attached hydrogens (tertiary/aromatic N) is 1. The minimum absolute atomic E-state index is 0.648. The Bertz CT molecular complexity index is 245. The first kappa shape index (κ1) is 7.77. The first-order valence-electron chi connectivity index (χ1n) is 4.41. The van der Waals surface area contributed by atoms with E-state index in [2.05, 4.69) is 35.2 Å². The van der Waals surface area contributed by atoms with E-state index in [4.69, 9.17) is 5.73 Å². The predicted octanol–water partition coefficient (Wildman–Crippen LogP) is 1.00. The minimum atomic E-state index is 0.648. The van der Waals surface area contributed by atoms with Crippen molar-refractivity contribution >= 4 is 0 Å². The van der Waals surface area contributed by atoms with Crippen molar-refractivity contribution < 1.29 is 0 Å². The highest BCUT2D eigenvalue weighted by molar-refractivity contribution is 5.23. The van der Waals surface area contributed by atoms with Gasteiger partial charge in [0, 0.05) is 25.7 Å². The molecule has 1 aromatic rings. The lowest BCUT2D eigenvalue weighted by Gasteiger charge is -2.00. The maximum absolute atomic E-state index is 5.47. The topological polar surface area (TPSA) is 29.0 Å². The summed E-state index contributed by atoms with van der Waals surface area (Å²) in [6, 6.07) is 11.2. The van der Waals surface area contributed by atoms with Gasteiger partial charge in [-0.2, -0.15) is 0 Å². The SMILES string of the molecule is NCCN1CC1c1ccccc1. The van der Waals surface area contributed by atoms with Gasteiger partial charge < -0.3 is 5.73 Å². The first-order valence-corrected chi connectivity index (χ1v) is 4.41. The van der Waals surface area contributed by atoms with E-state index >= 15 is 0 Å². The smallest absolute Gasteiger partial charge is 0.0476 e. The zero-order chi connectivity index (χ0) is 8.39. The Morgan fingerprint density at radius 3 is 2.75 bits per heavy atom. The molecule has 2 heteroatoms. The van der Waals surface area contributed by atoms with Crippen LogP contribution in [0.4, 0.5) is 0 Å². The largest absolute Gasteiger partial charge is 0.329 e. The van der Waals surface area contributed by atoms with E-state index in [9.17, 15) is 0 Å². The molecule has 1 fully saturated rings. The number of hydrogen-bond acceptors (Lipinski definition) is 2. The summed E-state index contributed by atoms with van der Waals surface area (Å²) >= 11 is 0. The van der Waals surface area contributed by atoms with Crippen molar-refractivity contribution in [2.75, 3.05) is 19.6 Å². The number of benzene rings is 1. The third kappa shape index (κ3) is 1.49. The lowest BCUT2D eigenvalue weighted by atomic mass is 10.2. The van der Waals surface area contributed by atoms with Gasteiger partial charge in [-0.25, -0.2) is 0 Å². The highest BCUT2D eigenvalue weighted by Gasteiger charge is 2.33. The van der Waals surface area contributed by atoms with Crippen LogP contribution < -0.4 is 5.73 Å². The molecular weight excluding hydrogens is 148 g/mol. The second-order valence-electron chi connectivity index (χ2n) is 3.21. The van der Waals surface area contributed by atoms with Crippen LogP contribution in [0.25, 0.3) is 0 Å². The highest BCUT2D eigenvalue weighted by atomic mass is 15.3. The molecule has 2 unspecified atom stereocenters. The quantitative estimate of drug-likeness (QED) is 0.672. The molecule has 12 heavy (non-hydrogen) atoms. The number of hydrogen-bond donors (Lipinski definition) is 1. The summed E-state index contributed by atoms with van der Waals surface area (Å²) < 4.78 is 0. The van der Waals surface area contributed by atoms with Crippen molar-refractivity contribution in [2.45, 2.75) is 6.04 Å². The lowest BCUT2D eigenvalue weighted by Crippen LogP contribution is -2.12. The maximum Gasteiger partial charge on any atom is 0.0476 e. The molecule has 2 N–H and O–H groups in total. The molecule has 1 heterocycles. The molecule has 2 rings (SSSR count). The van der Waals surface area contributed by atoms with Gasteiger partial charge in [0.15, 0.2) is 0 Å². The maximum atomic E-state index is 5.47. The van der Waals surface area contributed by atoms with Crippen LogP contribution in [0.2, 0.25) is 0 Å². The molecule has 64 valence electrons. The van der Waals surface area contributed by atoms with Gasteiger partial charge in [-0.3, -0.25) is 4.90 Å². The van der Waals surface area contributed by atoms with Crippen LogP contribution >= 0.6 is 0 Å². The second kappa shape index (κ2) is 3.25. The molecule has 1 saturated heterocycles. The molecule has 2 nitrogen and oxygen atoms in total. The van der Waals surface area contributed by atoms with E-state index in [-0.39, 0.29) is 0 Å². The van der Waals surface area contributed by atoms with Crippen LogP contribution in [-0.4, -0.2) is 24.5 Å². The van der Waals surface area contributed by atoms with Crippen LogP contribution in [0.15, 0.2) is 30.3 Å². The third-order valence-corrected chi connectivity index (χ3v) is 2.32. The lowest BCUT2D eigenvalue weighted by molar-refractivity contribution is 0.524. The van der Waals surface area contributed by atoms with Gasteiger partial charge >= 0.3 is 0 Å². The van der Waals surface area contributed by atoms with E-state index < -0.39 is 0 Å². The number of nitrogens with two attached hydrogens (primary N) is 1. The molecule has 0 radical (unpaired) electrons. The molecule has 0 saturated carbocycles. The Labute approximate surface area is 73.0 Å². The third-order valence-electron chi connectivity index (χ3n) is 2.32. The fourth-order valence-corrected chi connectivity index (χ4v) is 1.58. The monoisotopic (exact) mass is 162 g/mol. The van der Waals surface area contributed by atoms with Crippen molar-refractivity contribution in [1.82, 2.24) is 4.90 Å². The van der Waals surface area contributed by atoms with Gasteiger partial charge in [-0.1, -0.05) is 30.3 Å². The number of rotatable bonds is 3. The van der Waals surface area contributed by atoms with E-state index in [0.29, 0.717) is 6.04 Å². The van der Waals surface area contributed by atoms with Crippen molar-refractivity contribution in [1.29, 1.82) is 0 Å². The summed E-state index contributed by atoms with van der Waals surface area (Å²) in [6.07, 6.45) is 0. The Hall–Kier alpha value is -0.860. The van der Waals surface area contributed by atoms with Crippen molar-refractivity contribution in [3.8, 4) is 0 Å². The summed E-state index contributed by atoms with van der Waals surface area (Å²) in [5.74, 6) is 0. The average Bonchev–Trinajstić information content (AvgIpc) is 2.87. The molecule has 0 bridgehead atoms. The van der Waals surface area contributed by atoms with Gasteiger partial charge in [0.1, 0.15) is 0 Å². The van der Waals surface area contributed by atoms with Crippen LogP contribution in [0.1, 0.15) is 11.6 Å². The van der Waals surface area contributed by atoms with Gasteiger partial charge in [0.05, 0.1) is 0 Å². The van der Waals surface area contributed by atoms with Crippen molar-refractivity contribution in [3.05, 3.63) is 35.9 Å². The van der Waals surface area contributed by atoms with Crippen LogP contribution in [-0.2, 0) is 0 Å². The summed E-state index contributed by atoms with van der Waals surface area (Å²) in [6.45, 7) is 2.98. The fourth-order valence-electron chi connectivity index (χ4n) is 1.58. The molecule has 2 atom stereocenters. The standard InChI is InChI=1S/C10H14N2/c11-6-7-12-8-10(12)9-4-2-1-3-5-9/h1-5,10H,6-8,11H2. The Morgan fingerprint density at radius 2 is 2.08 bits per heavy atom. The predicted molar refractivity (Wildman–Crippen MR) is 49.8 cm³/mol. The van der Waals surface area contributed by atoms with Gasteiger partial charge in [0.2, 0.25) is 0 Å². The highest BCUT2D eigenvalue weighted by Crippen LogP contribution is 2.33. The average molecular weight is 162 g/mol. The summed E-state index contributed by atoms with van der Waals surface area (Å²) in [5, 5.41) is 0. The molecule has 0 spiro atoms. The van der Waals surface area contributed by atoms with Gasteiger partial charge in [-0.05, 0) is 5.56 Å². The zero-order valence-electron chi connectivity index (χ0n) is 7.11. The minimum Gasteiger partial charge on any atom is -0.329 e. The van der Waals surface area contributed by atoms with E-state index in [1.807, 2.05) is 0 Å². The normalized spacial score (nSPS) is 27.1. The van der Waals surface area contributed by atoms with Crippen molar-refractivity contribution in [3.63, 3.8) is 0 Å². The van der Waals surface area contributed by atoms with Crippen LogP contribution in [0.5, 0.6) is 0 Å². The molecule has 0 aromatic heterocycles. The summed E-state index contributed by atoms with van der Waals surface area (Å²) in [4.78, 5) is 2.38. The van der Waals surface area contributed by atoms with E-state index in [1.54, 1.807) is 0 Å². The molecular formula is C10H14N2. The zero-order valence-corrected chi connectivity index (χ0v) is 7.11. The fraction of sp³-hybridized carbons (Fsp3) is 0.400. The summed E-state index contributed by atoms with van der Waals surface area (Å²) in [7, 11) is 0. The molecule has 1 aliphatic heterocycles. The molecule has 0 aliphatic carbocycles. The molecule has 1 aliphatic rings. The molecule has 0 amide bonds. The van der Waals surface area contributed by atoms with Crippen LogP contribution in [0, 0.1) is 0 Å². The van der Waals surface area contributed by atoms with Gasteiger partial charge in [0.25, 0.3) is 0 Å². The summed E-state index contributed by atoms with van der Waals surface area (Å²) in [5.41, 5.74) is 6.89. The van der Waals surface area contributed by atoms with E-state index in [1.165, 1.54) is 12.1 Å². The molecule has 1 aromatic carbocycles. The Balaban J connectivity index is 1.97. The first-order chi connectivity index (χ1) is 5.92. The van der Waals surface area contributed by atoms with Crippen molar-refractivity contribution in [2.24, 2.45) is 5.73 Å². The van der Waals surface area contributed by atoms with E-state index in [0.717, 1.165) is 13.1 Å². The Kier molecular flexibility index (Phi) is 2.11. The van der Waals surface area contributed by atoms with Gasteiger partial charge in [-0.15, -0.1) is 0 Å². The van der Waals surface area contributed by atoms with Crippen LogP contribution in [0.3, 0.4) is 0 Å². The Morgan fingerprint density at radius 1 is 1.33 bits per heavy atom.